The molecule has 0 aliphatic carbocycles. The number of aromatic nitrogens is 1. The Morgan fingerprint density at radius 3 is 2.58 bits per heavy atom. The van der Waals surface area contributed by atoms with Gasteiger partial charge in [0.25, 0.3) is 5.91 Å². The summed E-state index contributed by atoms with van der Waals surface area (Å²) in [6.07, 6.45) is 1.49. The zero-order valence-electron chi connectivity index (χ0n) is 14.0. The Labute approximate surface area is 155 Å². The molecule has 3 N–H and O–H groups in total. The van der Waals surface area contributed by atoms with Gasteiger partial charge in [0.15, 0.2) is 0 Å². The molecule has 3 rings (SSSR count). The van der Waals surface area contributed by atoms with Crippen molar-refractivity contribution in [2.75, 3.05) is 5.32 Å². The Kier molecular flexibility index (Phi) is 5.00. The van der Waals surface area contributed by atoms with E-state index in [1.165, 1.54) is 12.3 Å². The van der Waals surface area contributed by atoms with Crippen LogP contribution in [0.5, 0.6) is 0 Å². The lowest BCUT2D eigenvalue weighted by atomic mass is 10.1. The van der Waals surface area contributed by atoms with Crippen LogP contribution in [0.25, 0.3) is 11.3 Å². The van der Waals surface area contributed by atoms with Crippen molar-refractivity contribution in [3.63, 3.8) is 0 Å². The first kappa shape index (κ1) is 17.6. The number of carbonyl (C=O) groups is 2. The van der Waals surface area contributed by atoms with Gasteiger partial charge in [0.05, 0.1) is 11.4 Å². The summed E-state index contributed by atoms with van der Waals surface area (Å²) in [5.74, 6) is -0.802. The molecule has 0 atom stereocenters. The maximum absolute atomic E-state index is 12.6. The minimum absolute atomic E-state index is 0.247. The number of anilines is 1. The van der Waals surface area contributed by atoms with Crippen molar-refractivity contribution in [1.29, 1.82) is 0 Å². The number of primary amides is 1. The van der Waals surface area contributed by atoms with E-state index in [9.17, 15) is 9.59 Å². The van der Waals surface area contributed by atoms with Gasteiger partial charge in [-0.2, -0.15) is 0 Å². The summed E-state index contributed by atoms with van der Waals surface area (Å²) in [7, 11) is 0. The summed E-state index contributed by atoms with van der Waals surface area (Å²) in [6, 6.07) is 15.4. The third-order valence-corrected chi connectivity index (χ3v) is 4.07. The van der Waals surface area contributed by atoms with Gasteiger partial charge >= 0.3 is 0 Å². The first-order valence-corrected chi connectivity index (χ1v) is 8.25. The highest BCUT2D eigenvalue weighted by atomic mass is 35.5. The summed E-state index contributed by atoms with van der Waals surface area (Å²) in [6.45, 7) is 1.92. The lowest BCUT2D eigenvalue weighted by Gasteiger charge is -2.12. The van der Waals surface area contributed by atoms with Crippen molar-refractivity contribution in [2.45, 2.75) is 6.92 Å². The van der Waals surface area contributed by atoms with E-state index in [4.69, 9.17) is 17.3 Å². The van der Waals surface area contributed by atoms with Crippen molar-refractivity contribution in [1.82, 2.24) is 4.98 Å². The molecule has 2 aromatic carbocycles. The summed E-state index contributed by atoms with van der Waals surface area (Å²) in [4.78, 5) is 28.3. The third kappa shape index (κ3) is 3.90. The number of nitrogens with zero attached hydrogens (tertiary/aromatic N) is 1. The van der Waals surface area contributed by atoms with E-state index in [2.05, 4.69) is 10.3 Å². The minimum atomic E-state index is -0.555. The highest BCUT2D eigenvalue weighted by Crippen LogP contribution is 2.30. The molecule has 6 heteroatoms. The minimum Gasteiger partial charge on any atom is -0.366 e. The Hall–Kier alpha value is -3.18. The number of nitrogens with two attached hydrogens (primary N) is 1. The molecule has 26 heavy (non-hydrogen) atoms. The van der Waals surface area contributed by atoms with E-state index in [-0.39, 0.29) is 5.91 Å². The third-order valence-electron chi connectivity index (χ3n) is 3.83. The Balaban J connectivity index is 2.00. The van der Waals surface area contributed by atoms with Crippen molar-refractivity contribution >= 4 is 29.1 Å². The van der Waals surface area contributed by atoms with Gasteiger partial charge in [0.2, 0.25) is 5.91 Å². The van der Waals surface area contributed by atoms with Crippen LogP contribution in [0.15, 0.2) is 60.8 Å². The standard InChI is InChI=1S/C20H16ClN3O2/c1-12-3-2-4-14(9-12)20(26)24-17-6-5-15(21)11-16(17)18-10-13(19(22)25)7-8-23-18/h2-11H,1H3,(H2,22,25)(H,24,26). The average molecular weight is 366 g/mol. The van der Waals surface area contributed by atoms with Crippen LogP contribution in [0.3, 0.4) is 0 Å². The smallest absolute Gasteiger partial charge is 0.255 e. The quantitative estimate of drug-likeness (QED) is 0.731. The number of halogens is 1. The van der Waals surface area contributed by atoms with Crippen LogP contribution in [0.2, 0.25) is 5.02 Å². The fourth-order valence-electron chi connectivity index (χ4n) is 2.55. The highest BCUT2D eigenvalue weighted by Gasteiger charge is 2.13. The lowest BCUT2D eigenvalue weighted by Crippen LogP contribution is -2.13. The second-order valence-corrected chi connectivity index (χ2v) is 6.24. The van der Waals surface area contributed by atoms with E-state index >= 15 is 0 Å². The van der Waals surface area contributed by atoms with Gasteiger partial charge in [-0.3, -0.25) is 14.6 Å². The molecule has 0 unspecified atom stereocenters. The molecule has 0 bridgehead atoms. The van der Waals surface area contributed by atoms with E-state index in [0.29, 0.717) is 33.1 Å². The highest BCUT2D eigenvalue weighted by molar-refractivity contribution is 6.31. The predicted octanol–water partition coefficient (Wildman–Crippen LogP) is 4.06. The molecule has 5 nitrogen and oxygen atoms in total. The van der Waals surface area contributed by atoms with Crippen LogP contribution in [0, 0.1) is 6.92 Å². The van der Waals surface area contributed by atoms with Crippen molar-refractivity contribution in [3.05, 3.63) is 82.5 Å². The first-order chi connectivity index (χ1) is 12.4. The number of carbonyl (C=O) groups excluding carboxylic acids is 2. The van der Waals surface area contributed by atoms with Crippen molar-refractivity contribution < 1.29 is 9.59 Å². The molecule has 0 aliphatic heterocycles. The number of benzene rings is 2. The van der Waals surface area contributed by atoms with Crippen molar-refractivity contribution in [2.24, 2.45) is 5.73 Å². The normalized spacial score (nSPS) is 10.4. The number of pyridine rings is 1. The summed E-state index contributed by atoms with van der Waals surface area (Å²) in [5.41, 5.74) is 8.82. The van der Waals surface area contributed by atoms with Gasteiger partial charge in [-0.15, -0.1) is 0 Å². The molecule has 0 spiro atoms. The fourth-order valence-corrected chi connectivity index (χ4v) is 2.72. The second kappa shape index (κ2) is 7.37. The molecule has 0 fully saturated rings. The van der Waals surface area contributed by atoms with E-state index in [1.54, 1.807) is 36.4 Å². The fraction of sp³-hybridized carbons (Fsp3) is 0.0500. The second-order valence-electron chi connectivity index (χ2n) is 5.81. The Morgan fingerprint density at radius 1 is 1.04 bits per heavy atom. The molecule has 1 aromatic heterocycles. The van der Waals surface area contributed by atoms with Gasteiger partial charge in [-0.25, -0.2) is 0 Å². The zero-order valence-corrected chi connectivity index (χ0v) is 14.7. The van der Waals surface area contributed by atoms with Crippen molar-refractivity contribution in [3.8, 4) is 11.3 Å². The molecule has 0 saturated heterocycles. The molecule has 1 heterocycles. The molecule has 0 aliphatic rings. The van der Waals surface area contributed by atoms with Gasteiger partial charge in [-0.1, -0.05) is 29.3 Å². The van der Waals surface area contributed by atoms with Gasteiger partial charge in [-0.05, 0) is 49.4 Å². The number of hydrogen-bond donors (Lipinski definition) is 2. The lowest BCUT2D eigenvalue weighted by molar-refractivity contribution is 0.0997. The monoisotopic (exact) mass is 365 g/mol. The molecule has 2 amide bonds. The Morgan fingerprint density at radius 2 is 1.85 bits per heavy atom. The van der Waals surface area contributed by atoms with Gasteiger partial charge in [0, 0.05) is 27.9 Å². The number of nitrogens with one attached hydrogen (secondary N) is 1. The van der Waals surface area contributed by atoms with Crippen LogP contribution in [-0.2, 0) is 0 Å². The molecule has 0 radical (unpaired) electrons. The molecular formula is C20H16ClN3O2. The summed E-state index contributed by atoms with van der Waals surface area (Å²) < 4.78 is 0. The van der Waals surface area contributed by atoms with Gasteiger partial charge in [0.1, 0.15) is 0 Å². The predicted molar refractivity (Wildman–Crippen MR) is 102 cm³/mol. The maximum atomic E-state index is 12.6. The van der Waals surface area contributed by atoms with Crippen LogP contribution in [0.1, 0.15) is 26.3 Å². The molecular weight excluding hydrogens is 350 g/mol. The van der Waals surface area contributed by atoms with Crippen LogP contribution < -0.4 is 11.1 Å². The van der Waals surface area contributed by atoms with Crippen LogP contribution in [-0.4, -0.2) is 16.8 Å². The van der Waals surface area contributed by atoms with Crippen LogP contribution >= 0.6 is 11.6 Å². The summed E-state index contributed by atoms with van der Waals surface area (Å²) >= 11 is 6.11. The zero-order chi connectivity index (χ0) is 18.7. The average Bonchev–Trinajstić information content (AvgIpc) is 2.63. The molecule has 0 saturated carbocycles. The summed E-state index contributed by atoms with van der Waals surface area (Å²) in [5, 5.41) is 3.36. The van der Waals surface area contributed by atoms with Crippen LogP contribution in [0.4, 0.5) is 5.69 Å². The van der Waals surface area contributed by atoms with E-state index in [1.807, 2.05) is 19.1 Å². The largest absolute Gasteiger partial charge is 0.366 e. The number of amides is 2. The maximum Gasteiger partial charge on any atom is 0.255 e. The number of hydrogen-bond acceptors (Lipinski definition) is 3. The topological polar surface area (TPSA) is 85.1 Å². The molecule has 130 valence electrons. The number of aryl methyl sites for hydroxylation is 1. The number of rotatable bonds is 4. The van der Waals surface area contributed by atoms with E-state index < -0.39 is 5.91 Å². The van der Waals surface area contributed by atoms with Gasteiger partial charge < -0.3 is 11.1 Å². The molecule has 3 aromatic rings. The first-order valence-electron chi connectivity index (χ1n) is 7.88. The van der Waals surface area contributed by atoms with E-state index in [0.717, 1.165) is 5.56 Å². The SMILES string of the molecule is Cc1cccc(C(=O)Nc2ccc(Cl)cc2-c2cc(C(N)=O)ccn2)c1. The Bertz CT molecular complexity index is 1000.